The molecule has 0 aliphatic rings. The highest BCUT2D eigenvalue weighted by atomic mass is 79.9. The summed E-state index contributed by atoms with van der Waals surface area (Å²) in [6.07, 6.45) is 2.85. The smallest absolute Gasteiger partial charge is 0.252 e. The van der Waals surface area contributed by atoms with Crippen molar-refractivity contribution >= 4 is 27.5 Å². The molecule has 0 aliphatic carbocycles. The van der Waals surface area contributed by atoms with E-state index in [1.54, 1.807) is 0 Å². The molecule has 4 N–H and O–H groups in total. The number of rotatable bonds is 1. The molecule has 0 atom stereocenters. The molecule has 0 saturated heterocycles. The maximum Gasteiger partial charge on any atom is 0.252 e. The van der Waals surface area contributed by atoms with Crippen LogP contribution in [0.3, 0.4) is 0 Å². The number of primary amides is 1. The Morgan fingerprint density at radius 3 is 2.55 bits per heavy atom. The number of hydrogen-bond donors (Lipinski definition) is 2. The second-order valence-corrected chi connectivity index (χ2v) is 2.80. The minimum absolute atomic E-state index is 0.278. The van der Waals surface area contributed by atoms with Crippen molar-refractivity contribution in [3.05, 3.63) is 22.4 Å². The normalized spacial score (nSPS) is 9.55. The fourth-order valence-corrected chi connectivity index (χ4v) is 1.25. The van der Waals surface area contributed by atoms with Crippen LogP contribution in [0.1, 0.15) is 10.4 Å². The van der Waals surface area contributed by atoms with Crippen LogP contribution in [-0.4, -0.2) is 10.9 Å². The van der Waals surface area contributed by atoms with Crippen LogP contribution in [-0.2, 0) is 0 Å². The monoisotopic (exact) mass is 215 g/mol. The number of nitrogens with two attached hydrogens (primary N) is 2. The zero-order valence-corrected chi connectivity index (χ0v) is 7.13. The van der Waals surface area contributed by atoms with Crippen molar-refractivity contribution in [3.63, 3.8) is 0 Å². The predicted octanol–water partition coefficient (Wildman–Crippen LogP) is 0.525. The van der Waals surface area contributed by atoms with E-state index in [0.29, 0.717) is 4.47 Å². The second kappa shape index (κ2) is 2.87. The van der Waals surface area contributed by atoms with E-state index in [1.165, 1.54) is 12.4 Å². The van der Waals surface area contributed by atoms with Gasteiger partial charge in [-0.2, -0.15) is 0 Å². The van der Waals surface area contributed by atoms with E-state index in [-0.39, 0.29) is 11.3 Å². The Balaban J connectivity index is 3.32. The Hall–Kier alpha value is -1.10. The Morgan fingerprint density at radius 1 is 1.55 bits per heavy atom. The van der Waals surface area contributed by atoms with E-state index in [2.05, 4.69) is 20.9 Å². The molecule has 1 aromatic heterocycles. The summed E-state index contributed by atoms with van der Waals surface area (Å²) in [5, 5.41) is 0. The van der Waals surface area contributed by atoms with Gasteiger partial charge in [-0.25, -0.2) is 0 Å². The lowest BCUT2D eigenvalue weighted by Crippen LogP contribution is -2.14. The van der Waals surface area contributed by atoms with E-state index in [0.717, 1.165) is 0 Å². The van der Waals surface area contributed by atoms with Gasteiger partial charge in [0.05, 0.1) is 21.9 Å². The van der Waals surface area contributed by atoms with E-state index in [9.17, 15) is 4.79 Å². The SMILES string of the molecule is NC(=O)c1c(N)cncc1Br. The summed E-state index contributed by atoms with van der Waals surface area (Å²) in [6, 6.07) is 0. The molecule has 4 nitrogen and oxygen atoms in total. The van der Waals surface area contributed by atoms with Crippen LogP contribution in [0.4, 0.5) is 5.69 Å². The average Bonchev–Trinajstić information content (AvgIpc) is 1.85. The van der Waals surface area contributed by atoms with Crippen molar-refractivity contribution in [1.82, 2.24) is 4.98 Å². The Bertz CT molecular complexity index is 280. The number of carbonyl (C=O) groups excluding carboxylic acids is 1. The molecule has 1 rings (SSSR count). The van der Waals surface area contributed by atoms with Crippen molar-refractivity contribution < 1.29 is 4.79 Å². The molecule has 0 spiro atoms. The summed E-state index contributed by atoms with van der Waals surface area (Å²) in [5.74, 6) is -0.559. The van der Waals surface area contributed by atoms with Crippen LogP contribution < -0.4 is 11.5 Å². The first-order valence-corrected chi connectivity index (χ1v) is 3.61. The Morgan fingerprint density at radius 2 is 2.18 bits per heavy atom. The van der Waals surface area contributed by atoms with Crippen molar-refractivity contribution in [2.45, 2.75) is 0 Å². The largest absolute Gasteiger partial charge is 0.397 e. The molecule has 0 aromatic carbocycles. The molecule has 0 fully saturated rings. The van der Waals surface area contributed by atoms with Crippen LogP contribution in [0.5, 0.6) is 0 Å². The van der Waals surface area contributed by atoms with Crippen LogP contribution in [0, 0.1) is 0 Å². The number of amides is 1. The lowest BCUT2D eigenvalue weighted by molar-refractivity contribution is 0.100. The van der Waals surface area contributed by atoms with Gasteiger partial charge in [0.25, 0.3) is 5.91 Å². The highest BCUT2D eigenvalue weighted by molar-refractivity contribution is 9.10. The topological polar surface area (TPSA) is 82.0 Å². The fourth-order valence-electron chi connectivity index (χ4n) is 0.710. The molecule has 11 heavy (non-hydrogen) atoms. The lowest BCUT2D eigenvalue weighted by atomic mass is 10.2. The highest BCUT2D eigenvalue weighted by Crippen LogP contribution is 2.19. The minimum atomic E-state index is -0.559. The number of aromatic nitrogens is 1. The maximum absolute atomic E-state index is 10.7. The van der Waals surface area contributed by atoms with Crippen LogP contribution in [0.25, 0.3) is 0 Å². The van der Waals surface area contributed by atoms with Gasteiger partial charge in [0.2, 0.25) is 0 Å². The average molecular weight is 216 g/mol. The van der Waals surface area contributed by atoms with Gasteiger partial charge in [-0.3, -0.25) is 9.78 Å². The summed E-state index contributed by atoms with van der Waals surface area (Å²) in [5.41, 5.74) is 11.0. The first kappa shape index (κ1) is 8.00. The number of carbonyl (C=O) groups is 1. The zero-order valence-electron chi connectivity index (χ0n) is 5.54. The number of anilines is 1. The second-order valence-electron chi connectivity index (χ2n) is 1.95. The molecular weight excluding hydrogens is 210 g/mol. The van der Waals surface area contributed by atoms with E-state index < -0.39 is 5.91 Å². The number of halogens is 1. The first-order valence-electron chi connectivity index (χ1n) is 2.81. The predicted molar refractivity (Wildman–Crippen MR) is 44.9 cm³/mol. The summed E-state index contributed by atoms with van der Waals surface area (Å²) < 4.78 is 0.519. The summed E-state index contributed by atoms with van der Waals surface area (Å²) >= 11 is 3.10. The quantitative estimate of drug-likeness (QED) is 0.717. The molecule has 1 heterocycles. The summed E-state index contributed by atoms with van der Waals surface area (Å²) in [6.45, 7) is 0. The minimum Gasteiger partial charge on any atom is -0.397 e. The zero-order chi connectivity index (χ0) is 8.43. The van der Waals surface area contributed by atoms with Gasteiger partial charge >= 0.3 is 0 Å². The summed E-state index contributed by atoms with van der Waals surface area (Å²) in [7, 11) is 0. The molecule has 0 unspecified atom stereocenters. The van der Waals surface area contributed by atoms with Gasteiger partial charge in [-0.05, 0) is 15.9 Å². The molecule has 1 aromatic rings. The summed E-state index contributed by atoms with van der Waals surface area (Å²) in [4.78, 5) is 14.5. The van der Waals surface area contributed by atoms with Crippen molar-refractivity contribution in [2.75, 3.05) is 5.73 Å². The van der Waals surface area contributed by atoms with Gasteiger partial charge in [0, 0.05) is 6.20 Å². The molecule has 0 bridgehead atoms. The maximum atomic E-state index is 10.7. The van der Waals surface area contributed by atoms with Crippen molar-refractivity contribution in [2.24, 2.45) is 5.73 Å². The molecule has 5 heteroatoms. The molecule has 1 amide bonds. The van der Waals surface area contributed by atoms with E-state index >= 15 is 0 Å². The number of nitrogen functional groups attached to an aromatic ring is 1. The molecule has 58 valence electrons. The van der Waals surface area contributed by atoms with Crippen molar-refractivity contribution in [3.8, 4) is 0 Å². The highest BCUT2D eigenvalue weighted by Gasteiger charge is 2.09. The Kier molecular flexibility index (Phi) is 2.09. The lowest BCUT2D eigenvalue weighted by Gasteiger charge is -2.01. The number of pyridine rings is 1. The van der Waals surface area contributed by atoms with Gasteiger partial charge in [-0.15, -0.1) is 0 Å². The van der Waals surface area contributed by atoms with E-state index in [4.69, 9.17) is 11.5 Å². The van der Waals surface area contributed by atoms with Crippen LogP contribution >= 0.6 is 15.9 Å². The van der Waals surface area contributed by atoms with Crippen molar-refractivity contribution in [1.29, 1.82) is 0 Å². The number of nitrogens with zero attached hydrogens (tertiary/aromatic N) is 1. The molecule has 0 aliphatic heterocycles. The van der Waals surface area contributed by atoms with Gasteiger partial charge in [-0.1, -0.05) is 0 Å². The van der Waals surface area contributed by atoms with Gasteiger partial charge in [0.15, 0.2) is 0 Å². The fraction of sp³-hybridized carbons (Fsp3) is 0. The molecule has 0 radical (unpaired) electrons. The molecule has 0 saturated carbocycles. The van der Waals surface area contributed by atoms with Crippen LogP contribution in [0.15, 0.2) is 16.9 Å². The van der Waals surface area contributed by atoms with E-state index in [1.807, 2.05) is 0 Å². The Labute approximate surface area is 71.7 Å². The third-order valence-corrected chi connectivity index (χ3v) is 1.78. The first-order chi connectivity index (χ1) is 5.13. The van der Waals surface area contributed by atoms with Gasteiger partial charge in [0.1, 0.15) is 0 Å². The third-order valence-electron chi connectivity index (χ3n) is 1.18. The molecular formula is C6H6BrN3O. The number of hydrogen-bond acceptors (Lipinski definition) is 3. The standard InChI is InChI=1S/C6H6BrN3O/c7-3-1-10-2-4(8)5(3)6(9)11/h1-2H,8H2,(H2,9,11). The van der Waals surface area contributed by atoms with Crippen LogP contribution in [0.2, 0.25) is 0 Å². The third kappa shape index (κ3) is 1.48. The van der Waals surface area contributed by atoms with Gasteiger partial charge < -0.3 is 11.5 Å².